The molecule has 2 N–H and O–H groups in total. The molecule has 2 aromatic rings. The summed E-state index contributed by atoms with van der Waals surface area (Å²) < 4.78 is 69.8. The van der Waals surface area contributed by atoms with Gasteiger partial charge in [0.25, 0.3) is 5.92 Å². The van der Waals surface area contributed by atoms with Gasteiger partial charge in [-0.1, -0.05) is 6.92 Å². The summed E-state index contributed by atoms with van der Waals surface area (Å²) in [5.74, 6) is -5.49. The molecular formula is C21H25F5N6O. The molecule has 0 spiro atoms. The second kappa shape index (κ2) is 9.16. The number of rotatable bonds is 5. The number of hydrogen-bond donors (Lipinski definition) is 2. The van der Waals surface area contributed by atoms with Crippen LogP contribution in [0.1, 0.15) is 44.7 Å². The Morgan fingerprint density at radius 3 is 2.52 bits per heavy atom. The van der Waals surface area contributed by atoms with Crippen LogP contribution in [-0.4, -0.2) is 52.5 Å². The maximum Gasteiger partial charge on any atom is 0.416 e. The summed E-state index contributed by atoms with van der Waals surface area (Å²) in [7, 11) is 0. The normalized spacial score (nSPS) is 18.2. The maximum atomic E-state index is 14.3. The smallest absolute Gasteiger partial charge is 0.354 e. The van der Waals surface area contributed by atoms with E-state index in [2.05, 4.69) is 25.6 Å². The molecule has 0 aliphatic carbocycles. The van der Waals surface area contributed by atoms with Gasteiger partial charge < -0.3 is 15.5 Å². The monoisotopic (exact) mass is 472 g/mol. The highest BCUT2D eigenvalue weighted by atomic mass is 19.4. The first kappa shape index (κ1) is 24.7. The summed E-state index contributed by atoms with van der Waals surface area (Å²) in [4.78, 5) is 25.6. The van der Waals surface area contributed by atoms with E-state index in [9.17, 15) is 26.7 Å². The van der Waals surface area contributed by atoms with Crippen molar-refractivity contribution in [3.8, 4) is 11.4 Å². The van der Waals surface area contributed by atoms with Crippen molar-refractivity contribution in [1.82, 2.24) is 20.3 Å². The maximum absolute atomic E-state index is 14.3. The van der Waals surface area contributed by atoms with Crippen LogP contribution in [0.2, 0.25) is 0 Å². The molecule has 7 nitrogen and oxygen atoms in total. The summed E-state index contributed by atoms with van der Waals surface area (Å²) in [5.41, 5.74) is -1.59. The van der Waals surface area contributed by atoms with Crippen molar-refractivity contribution in [2.24, 2.45) is 0 Å². The highest BCUT2D eigenvalue weighted by molar-refractivity contribution is 5.89. The van der Waals surface area contributed by atoms with Gasteiger partial charge in [0.1, 0.15) is 18.0 Å². The number of nitrogens with zero attached hydrogens (tertiary/aromatic N) is 4. The van der Waals surface area contributed by atoms with Crippen molar-refractivity contribution >= 4 is 17.5 Å². The SMILES string of the molecule is CC(=O)Nc1ncnc(-c2cc(C(F)(F)F)cc(N3CCN[C@@H](C)C3)n2)c1[C@@H](C)C(C)(F)F. The lowest BCUT2D eigenvalue weighted by Crippen LogP contribution is -2.49. The van der Waals surface area contributed by atoms with Crippen LogP contribution >= 0.6 is 0 Å². The van der Waals surface area contributed by atoms with Gasteiger partial charge in [0, 0.05) is 38.2 Å². The van der Waals surface area contributed by atoms with E-state index in [1.165, 1.54) is 13.8 Å². The fourth-order valence-electron chi connectivity index (χ4n) is 3.63. The van der Waals surface area contributed by atoms with Crippen LogP contribution in [0.25, 0.3) is 11.4 Å². The lowest BCUT2D eigenvalue weighted by Gasteiger charge is -2.33. The Labute approximate surface area is 187 Å². The predicted molar refractivity (Wildman–Crippen MR) is 113 cm³/mol. The third-order valence-electron chi connectivity index (χ3n) is 5.45. The average Bonchev–Trinajstić information content (AvgIpc) is 2.71. The highest BCUT2D eigenvalue weighted by Gasteiger charge is 2.38. The van der Waals surface area contributed by atoms with E-state index in [1.807, 2.05) is 6.92 Å². The molecular weight excluding hydrogens is 447 g/mol. The summed E-state index contributed by atoms with van der Waals surface area (Å²) in [6.45, 7) is 6.35. The zero-order chi connectivity index (χ0) is 24.6. The number of anilines is 2. The van der Waals surface area contributed by atoms with Gasteiger partial charge >= 0.3 is 6.18 Å². The Bertz CT molecular complexity index is 1020. The number of aromatic nitrogens is 3. The quantitative estimate of drug-likeness (QED) is 0.639. The number of hydrogen-bond acceptors (Lipinski definition) is 6. The number of alkyl halides is 5. The van der Waals surface area contributed by atoms with Crippen LogP contribution in [0.5, 0.6) is 0 Å². The van der Waals surface area contributed by atoms with Crippen LogP contribution in [-0.2, 0) is 11.0 Å². The van der Waals surface area contributed by atoms with E-state index in [4.69, 9.17) is 0 Å². The second-order valence-corrected chi connectivity index (χ2v) is 8.24. The standard InChI is InChI=1S/C21H25F5N6O/c1-11-9-32(6-5-27-11)16-8-14(21(24,25)26)7-15(31-16)18-17(12(2)20(4,22)23)19(29-10-28-18)30-13(3)33/h7-8,10-12,27H,5-6,9H2,1-4H3,(H,28,29,30,33)/t11-,12+/m0/s1. The first-order valence-corrected chi connectivity index (χ1v) is 10.4. The van der Waals surface area contributed by atoms with Crippen molar-refractivity contribution in [3.63, 3.8) is 0 Å². The van der Waals surface area contributed by atoms with Crippen LogP contribution in [0.4, 0.5) is 33.6 Å². The Morgan fingerprint density at radius 2 is 1.94 bits per heavy atom. The second-order valence-electron chi connectivity index (χ2n) is 8.24. The van der Waals surface area contributed by atoms with Gasteiger partial charge in [-0.05, 0) is 26.0 Å². The Balaban J connectivity index is 2.24. The van der Waals surface area contributed by atoms with E-state index in [0.717, 1.165) is 18.5 Å². The molecule has 33 heavy (non-hydrogen) atoms. The van der Waals surface area contributed by atoms with Gasteiger partial charge in [-0.3, -0.25) is 4.79 Å². The van der Waals surface area contributed by atoms with Crippen molar-refractivity contribution < 1.29 is 26.7 Å². The van der Waals surface area contributed by atoms with Crippen molar-refractivity contribution in [3.05, 3.63) is 29.6 Å². The van der Waals surface area contributed by atoms with Crippen LogP contribution < -0.4 is 15.5 Å². The number of carbonyl (C=O) groups excluding carboxylic acids is 1. The number of piperazine rings is 1. The lowest BCUT2D eigenvalue weighted by atomic mass is 9.92. The number of pyridine rings is 1. The molecule has 3 heterocycles. The molecule has 2 atom stereocenters. The molecule has 0 unspecified atom stereocenters. The van der Waals surface area contributed by atoms with Gasteiger partial charge in [-0.25, -0.2) is 23.7 Å². The van der Waals surface area contributed by atoms with Gasteiger partial charge in [-0.15, -0.1) is 0 Å². The molecule has 180 valence electrons. The number of nitrogens with one attached hydrogen (secondary N) is 2. The van der Waals surface area contributed by atoms with E-state index in [1.54, 1.807) is 4.90 Å². The Hall–Kier alpha value is -2.89. The van der Waals surface area contributed by atoms with E-state index in [-0.39, 0.29) is 34.6 Å². The summed E-state index contributed by atoms with van der Waals surface area (Å²) in [5, 5.41) is 5.58. The molecule has 1 amide bonds. The fourth-order valence-corrected chi connectivity index (χ4v) is 3.63. The van der Waals surface area contributed by atoms with Crippen molar-refractivity contribution in [1.29, 1.82) is 0 Å². The molecule has 2 aromatic heterocycles. The molecule has 0 bridgehead atoms. The van der Waals surface area contributed by atoms with Gasteiger partial charge in [0.2, 0.25) is 5.91 Å². The Kier molecular flexibility index (Phi) is 6.87. The molecule has 0 aromatic carbocycles. The molecule has 3 rings (SSSR count). The van der Waals surface area contributed by atoms with Crippen molar-refractivity contribution in [2.45, 2.75) is 51.8 Å². The molecule has 1 saturated heterocycles. The van der Waals surface area contributed by atoms with Gasteiger partial charge in [0.05, 0.1) is 22.9 Å². The van der Waals surface area contributed by atoms with E-state index >= 15 is 0 Å². The van der Waals surface area contributed by atoms with E-state index < -0.39 is 29.5 Å². The van der Waals surface area contributed by atoms with Crippen LogP contribution in [0.3, 0.4) is 0 Å². The zero-order valence-corrected chi connectivity index (χ0v) is 18.6. The molecule has 0 saturated carbocycles. The minimum absolute atomic E-state index is 0.0262. The molecule has 1 aliphatic heterocycles. The largest absolute Gasteiger partial charge is 0.416 e. The minimum Gasteiger partial charge on any atom is -0.354 e. The summed E-state index contributed by atoms with van der Waals surface area (Å²) >= 11 is 0. The molecule has 12 heteroatoms. The number of amides is 1. The minimum atomic E-state index is -4.69. The predicted octanol–water partition coefficient (Wildman–Crippen LogP) is 4.07. The lowest BCUT2D eigenvalue weighted by molar-refractivity contribution is -0.137. The molecule has 1 aliphatic rings. The first-order valence-electron chi connectivity index (χ1n) is 10.4. The molecule has 0 radical (unpaired) electrons. The summed E-state index contributed by atoms with van der Waals surface area (Å²) in [6, 6.07) is 1.74. The van der Waals surface area contributed by atoms with Gasteiger partial charge in [-0.2, -0.15) is 13.2 Å². The third kappa shape index (κ3) is 5.73. The Morgan fingerprint density at radius 1 is 1.24 bits per heavy atom. The number of carbonyl (C=O) groups is 1. The topological polar surface area (TPSA) is 83.0 Å². The third-order valence-corrected chi connectivity index (χ3v) is 5.45. The van der Waals surface area contributed by atoms with Crippen LogP contribution in [0.15, 0.2) is 18.5 Å². The average molecular weight is 472 g/mol. The summed E-state index contributed by atoms with van der Waals surface area (Å²) in [6.07, 6.45) is -3.70. The number of halogens is 5. The highest BCUT2D eigenvalue weighted by Crippen LogP contribution is 2.41. The van der Waals surface area contributed by atoms with E-state index in [0.29, 0.717) is 26.6 Å². The zero-order valence-electron chi connectivity index (χ0n) is 18.6. The molecule has 1 fully saturated rings. The van der Waals surface area contributed by atoms with Crippen LogP contribution in [0, 0.1) is 0 Å². The first-order chi connectivity index (χ1) is 15.3. The van der Waals surface area contributed by atoms with Gasteiger partial charge in [0.15, 0.2) is 0 Å². The fraction of sp³-hybridized carbons (Fsp3) is 0.524. The van der Waals surface area contributed by atoms with Crippen molar-refractivity contribution in [2.75, 3.05) is 29.9 Å².